The van der Waals surface area contributed by atoms with Gasteiger partial charge in [0.15, 0.2) is 0 Å². The number of amides is 1. The number of nitrogens with zero attached hydrogens (tertiary/aromatic N) is 4. The maximum absolute atomic E-state index is 13.5. The zero-order chi connectivity index (χ0) is 28.3. The van der Waals surface area contributed by atoms with Gasteiger partial charge in [-0.1, -0.05) is 12.1 Å². The molecule has 1 aliphatic rings. The second-order valence-corrected chi connectivity index (χ2v) is 8.85. The Hall–Kier alpha value is -4.16. The molecule has 1 aromatic carbocycles. The number of rotatable bonds is 7. The van der Waals surface area contributed by atoms with Crippen molar-refractivity contribution in [2.75, 3.05) is 44.5 Å². The van der Waals surface area contributed by atoms with Crippen molar-refractivity contribution in [3.05, 3.63) is 60.0 Å². The van der Waals surface area contributed by atoms with E-state index >= 15 is 0 Å². The fourth-order valence-corrected chi connectivity index (χ4v) is 4.52. The number of alkyl halides is 5. The molecule has 8 nitrogen and oxygen atoms in total. The van der Waals surface area contributed by atoms with Gasteiger partial charge in [0.05, 0.1) is 37.7 Å². The second kappa shape index (κ2) is 11.3. The number of halogens is 5. The van der Waals surface area contributed by atoms with Crippen LogP contribution in [-0.2, 0) is 6.18 Å². The van der Waals surface area contributed by atoms with Crippen LogP contribution in [0.25, 0.3) is 11.1 Å². The van der Waals surface area contributed by atoms with Crippen molar-refractivity contribution in [1.82, 2.24) is 14.9 Å². The Labute approximate surface area is 221 Å². The van der Waals surface area contributed by atoms with Gasteiger partial charge in [-0.3, -0.25) is 9.78 Å². The quantitative estimate of drug-likeness (QED) is 0.424. The molecule has 13 heteroatoms. The lowest BCUT2D eigenvalue weighted by atomic mass is 10.0. The van der Waals surface area contributed by atoms with Crippen LogP contribution < -0.4 is 20.1 Å². The highest BCUT2D eigenvalue weighted by Gasteiger charge is 2.35. The Morgan fingerprint density at radius 1 is 1.05 bits per heavy atom. The number of hydrogen-bond acceptors (Lipinski definition) is 7. The minimum Gasteiger partial charge on any atom is -0.496 e. The lowest BCUT2D eigenvalue weighted by molar-refractivity contribution is -0.137. The number of nitrogens with two attached hydrogens (primary N) is 1. The Morgan fingerprint density at radius 3 is 2.36 bits per heavy atom. The maximum Gasteiger partial charge on any atom is 0.416 e. The van der Waals surface area contributed by atoms with Gasteiger partial charge >= 0.3 is 6.18 Å². The number of hydrogen-bond donors (Lipinski definition) is 1. The molecule has 1 atom stereocenters. The van der Waals surface area contributed by atoms with Crippen molar-refractivity contribution in [3.8, 4) is 22.6 Å². The fourth-order valence-electron chi connectivity index (χ4n) is 4.52. The summed E-state index contributed by atoms with van der Waals surface area (Å²) in [7, 11) is 2.81. The molecule has 3 aromatic rings. The van der Waals surface area contributed by atoms with Gasteiger partial charge in [-0.05, 0) is 17.7 Å². The van der Waals surface area contributed by atoms with Crippen LogP contribution in [0.1, 0.15) is 22.5 Å². The number of carbonyl (C=O) groups is 1. The van der Waals surface area contributed by atoms with Gasteiger partial charge in [-0.25, -0.2) is 13.8 Å². The van der Waals surface area contributed by atoms with Crippen LogP contribution in [0.15, 0.2) is 48.8 Å². The molecular weight excluding hydrogens is 525 g/mol. The molecule has 0 aliphatic carbocycles. The molecule has 1 fully saturated rings. The van der Waals surface area contributed by atoms with E-state index in [1.165, 1.54) is 55.8 Å². The minimum atomic E-state index is -4.48. The number of benzene rings is 1. The second-order valence-electron chi connectivity index (χ2n) is 8.85. The predicted octanol–water partition coefficient (Wildman–Crippen LogP) is 4.75. The van der Waals surface area contributed by atoms with E-state index in [2.05, 4.69) is 9.97 Å². The van der Waals surface area contributed by atoms with Crippen LogP contribution in [0, 0.1) is 0 Å². The fraction of sp³-hybridized carbons (Fsp3) is 0.346. The summed E-state index contributed by atoms with van der Waals surface area (Å²) < 4.78 is 76.6. The van der Waals surface area contributed by atoms with Crippen molar-refractivity contribution in [3.63, 3.8) is 0 Å². The topological polar surface area (TPSA) is 93.8 Å². The van der Waals surface area contributed by atoms with E-state index in [0.29, 0.717) is 29.1 Å². The summed E-state index contributed by atoms with van der Waals surface area (Å²) in [6.45, 7) is 0.529. The Kier molecular flexibility index (Phi) is 8.07. The molecule has 0 spiro atoms. The summed E-state index contributed by atoms with van der Waals surface area (Å²) in [4.78, 5) is 24.9. The molecule has 0 saturated carbocycles. The van der Waals surface area contributed by atoms with Gasteiger partial charge in [-0.2, -0.15) is 13.2 Å². The first kappa shape index (κ1) is 27.9. The Bertz CT molecular complexity index is 1320. The summed E-state index contributed by atoms with van der Waals surface area (Å²) >= 11 is 0. The summed E-state index contributed by atoms with van der Waals surface area (Å²) in [5.74, 6) is 0.312. The third-order valence-electron chi connectivity index (χ3n) is 6.45. The average Bonchev–Trinajstić information content (AvgIpc) is 2.91. The third kappa shape index (κ3) is 6.13. The van der Waals surface area contributed by atoms with Gasteiger partial charge in [0.1, 0.15) is 23.0 Å². The predicted molar refractivity (Wildman–Crippen MR) is 134 cm³/mol. The van der Waals surface area contributed by atoms with Crippen LogP contribution in [-0.4, -0.2) is 67.1 Å². The minimum absolute atomic E-state index is 0.0399. The number of piperazine rings is 1. The molecule has 1 amide bonds. The zero-order valence-electron chi connectivity index (χ0n) is 21.1. The van der Waals surface area contributed by atoms with Crippen molar-refractivity contribution in [2.24, 2.45) is 0 Å². The molecule has 2 N–H and O–H groups in total. The van der Waals surface area contributed by atoms with E-state index in [0.717, 1.165) is 12.1 Å². The highest BCUT2D eigenvalue weighted by atomic mass is 19.4. The summed E-state index contributed by atoms with van der Waals surface area (Å²) in [6, 6.07) is 6.47. The maximum atomic E-state index is 13.5. The molecule has 208 valence electrons. The summed E-state index contributed by atoms with van der Waals surface area (Å²) in [5, 5.41) is 0. The van der Waals surface area contributed by atoms with E-state index in [-0.39, 0.29) is 30.4 Å². The number of methoxy groups -OCH3 is 2. The van der Waals surface area contributed by atoms with Crippen molar-refractivity contribution in [2.45, 2.75) is 25.1 Å². The molecule has 39 heavy (non-hydrogen) atoms. The molecule has 1 saturated heterocycles. The molecule has 2 aromatic heterocycles. The molecule has 4 rings (SSSR count). The number of ether oxygens (including phenoxy) is 2. The first-order chi connectivity index (χ1) is 18.5. The largest absolute Gasteiger partial charge is 0.496 e. The van der Waals surface area contributed by atoms with Gasteiger partial charge in [0, 0.05) is 49.9 Å². The first-order valence-corrected chi connectivity index (χ1v) is 11.9. The standard InChI is InChI=1S/C26H26F5N5O3/c1-38-21-10-19(33-12-18(21)15-3-5-16(6-4-15)26(29,30)31)25(37)36-8-7-35(14-17(36)9-23(27)28)20-13-34-24(32)11-22(20)39-2/h3-6,10-13,17,23H,7-9,14H2,1-2H3,(H2,32,34)/t17-/m1/s1. The van der Waals surface area contributed by atoms with Crippen molar-refractivity contribution in [1.29, 1.82) is 0 Å². The van der Waals surface area contributed by atoms with E-state index in [1.807, 2.05) is 4.90 Å². The van der Waals surface area contributed by atoms with Crippen LogP contribution in [0.3, 0.4) is 0 Å². The van der Waals surface area contributed by atoms with Crippen molar-refractivity contribution >= 4 is 17.4 Å². The lowest BCUT2D eigenvalue weighted by Gasteiger charge is -2.42. The normalized spacial score (nSPS) is 15.9. The summed E-state index contributed by atoms with van der Waals surface area (Å²) in [5.41, 5.74) is 6.23. The first-order valence-electron chi connectivity index (χ1n) is 11.9. The number of aromatic nitrogens is 2. The van der Waals surface area contributed by atoms with Gasteiger partial charge in [0.25, 0.3) is 5.91 Å². The van der Waals surface area contributed by atoms with Gasteiger partial charge in [-0.15, -0.1) is 0 Å². The highest BCUT2D eigenvalue weighted by Crippen LogP contribution is 2.35. The van der Waals surface area contributed by atoms with E-state index in [9.17, 15) is 26.7 Å². The number of nitrogen functional groups attached to an aromatic ring is 1. The van der Waals surface area contributed by atoms with Crippen LogP contribution in [0.2, 0.25) is 0 Å². The SMILES string of the molecule is COc1cc(C(=O)N2CCN(c3cnc(N)cc3OC)C[C@H]2CC(F)F)ncc1-c1ccc(C(F)(F)F)cc1. The monoisotopic (exact) mass is 551 g/mol. The molecule has 0 radical (unpaired) electrons. The van der Waals surface area contributed by atoms with Crippen LogP contribution in [0.5, 0.6) is 11.5 Å². The summed E-state index contributed by atoms with van der Waals surface area (Å²) in [6.07, 6.45) is -4.89. The van der Waals surface area contributed by atoms with E-state index in [4.69, 9.17) is 15.2 Å². The molecule has 1 aliphatic heterocycles. The molecule has 0 bridgehead atoms. The number of pyridine rings is 2. The average molecular weight is 552 g/mol. The smallest absolute Gasteiger partial charge is 0.416 e. The third-order valence-corrected chi connectivity index (χ3v) is 6.45. The van der Waals surface area contributed by atoms with E-state index in [1.54, 1.807) is 0 Å². The van der Waals surface area contributed by atoms with Crippen LogP contribution >= 0.6 is 0 Å². The Morgan fingerprint density at radius 2 is 1.74 bits per heavy atom. The number of carbonyl (C=O) groups excluding carboxylic acids is 1. The van der Waals surface area contributed by atoms with E-state index < -0.39 is 36.5 Å². The molecular formula is C26H26F5N5O3. The van der Waals surface area contributed by atoms with Gasteiger partial charge in [0.2, 0.25) is 6.43 Å². The zero-order valence-corrected chi connectivity index (χ0v) is 21.1. The van der Waals surface area contributed by atoms with Gasteiger partial charge < -0.3 is 25.0 Å². The highest BCUT2D eigenvalue weighted by molar-refractivity contribution is 5.94. The molecule has 3 heterocycles. The van der Waals surface area contributed by atoms with Crippen LogP contribution in [0.4, 0.5) is 33.5 Å². The molecule has 0 unspecified atom stereocenters. The lowest BCUT2D eigenvalue weighted by Crippen LogP contribution is -2.56. The number of anilines is 2. The Balaban J connectivity index is 1.59. The van der Waals surface area contributed by atoms with Crippen molar-refractivity contribution < 1.29 is 36.2 Å².